The van der Waals surface area contributed by atoms with E-state index in [1.165, 1.54) is 6.07 Å². The van der Waals surface area contributed by atoms with Gasteiger partial charge in [0.15, 0.2) is 34.8 Å². The summed E-state index contributed by atoms with van der Waals surface area (Å²) in [5.41, 5.74) is 2.07. The molecule has 6 rings (SSSR count). The van der Waals surface area contributed by atoms with Crippen molar-refractivity contribution in [3.8, 4) is 5.75 Å². The average molecular weight is 641 g/mol. The predicted molar refractivity (Wildman–Crippen MR) is 166 cm³/mol. The average Bonchev–Trinajstić information content (AvgIpc) is 3.91. The second-order valence-corrected chi connectivity index (χ2v) is 12.7. The maximum absolute atomic E-state index is 15.2. The van der Waals surface area contributed by atoms with Crippen molar-refractivity contribution in [2.45, 2.75) is 82.7 Å². The largest absolute Gasteiger partial charge is 0.490 e. The molecule has 2 atom stereocenters. The highest BCUT2D eigenvalue weighted by Crippen LogP contribution is 2.42. The SMILES string of the molecule is C/C=C/CCc1ccc(C2CCC(COc3ccc(C4CC=C(c5ccc(C6CO6)c(F)c5F)CC4)c(F)c3F)CC2)c(F)c1F. The molecule has 3 aliphatic rings. The fourth-order valence-electron chi connectivity index (χ4n) is 6.99. The lowest BCUT2D eigenvalue weighted by atomic mass is 9.78. The van der Waals surface area contributed by atoms with Crippen molar-refractivity contribution in [1.29, 1.82) is 0 Å². The lowest BCUT2D eigenvalue weighted by molar-refractivity contribution is 0.191. The Kier molecular flexibility index (Phi) is 9.92. The summed E-state index contributed by atoms with van der Waals surface area (Å²) in [5.74, 6) is -5.81. The maximum Gasteiger partial charge on any atom is 0.200 e. The Morgan fingerprint density at radius 3 is 2.11 bits per heavy atom. The molecule has 2 nitrogen and oxygen atoms in total. The van der Waals surface area contributed by atoms with E-state index in [2.05, 4.69) is 0 Å². The smallest absolute Gasteiger partial charge is 0.200 e. The molecule has 2 aliphatic carbocycles. The fourth-order valence-corrected chi connectivity index (χ4v) is 6.99. The molecular weight excluding hydrogens is 602 g/mol. The third-order valence-corrected chi connectivity index (χ3v) is 9.84. The van der Waals surface area contributed by atoms with Crippen molar-refractivity contribution in [2.75, 3.05) is 13.2 Å². The van der Waals surface area contributed by atoms with E-state index in [-0.39, 0.29) is 46.8 Å². The quantitative estimate of drug-likeness (QED) is 0.125. The molecule has 244 valence electrons. The van der Waals surface area contributed by atoms with Crippen LogP contribution in [-0.4, -0.2) is 13.2 Å². The minimum Gasteiger partial charge on any atom is -0.490 e. The van der Waals surface area contributed by atoms with Crippen LogP contribution >= 0.6 is 0 Å². The Morgan fingerprint density at radius 1 is 0.739 bits per heavy atom. The molecular formula is C38H38F6O2. The van der Waals surface area contributed by atoms with E-state index in [0.29, 0.717) is 81.1 Å². The second-order valence-electron chi connectivity index (χ2n) is 12.7. The van der Waals surface area contributed by atoms with Gasteiger partial charge in [0.1, 0.15) is 6.10 Å². The molecule has 3 aromatic carbocycles. The fraction of sp³-hybridized carbons (Fsp3) is 0.421. The number of aryl methyl sites for hydroxylation is 1. The molecule has 8 heteroatoms. The topological polar surface area (TPSA) is 21.8 Å². The Bertz CT molecular complexity index is 1630. The van der Waals surface area contributed by atoms with E-state index in [1.54, 1.807) is 36.4 Å². The predicted octanol–water partition coefficient (Wildman–Crippen LogP) is 10.8. The minimum absolute atomic E-state index is 0.0874. The molecule has 0 N–H and O–H groups in total. The van der Waals surface area contributed by atoms with E-state index in [0.717, 1.165) is 0 Å². The minimum atomic E-state index is -1.04. The molecule has 46 heavy (non-hydrogen) atoms. The van der Waals surface area contributed by atoms with Crippen LogP contribution in [0.3, 0.4) is 0 Å². The van der Waals surface area contributed by atoms with E-state index in [1.807, 2.05) is 19.1 Å². The molecule has 2 unspecified atom stereocenters. The van der Waals surface area contributed by atoms with Crippen LogP contribution in [0.5, 0.6) is 5.75 Å². The van der Waals surface area contributed by atoms with E-state index in [4.69, 9.17) is 9.47 Å². The Balaban J connectivity index is 1.03. The summed E-state index contributed by atoms with van der Waals surface area (Å²) in [6.45, 7) is 2.47. The van der Waals surface area contributed by atoms with Crippen molar-refractivity contribution in [3.63, 3.8) is 0 Å². The normalized spacial score (nSPS) is 23.1. The molecule has 0 spiro atoms. The van der Waals surface area contributed by atoms with Crippen LogP contribution in [0.2, 0.25) is 0 Å². The molecule has 1 aliphatic heterocycles. The van der Waals surface area contributed by atoms with E-state index >= 15 is 8.78 Å². The molecule has 0 radical (unpaired) electrons. The van der Waals surface area contributed by atoms with Crippen molar-refractivity contribution in [2.24, 2.45) is 5.92 Å². The van der Waals surface area contributed by atoms with E-state index in [9.17, 15) is 17.6 Å². The highest BCUT2D eigenvalue weighted by atomic mass is 19.2. The first-order valence-corrected chi connectivity index (χ1v) is 16.2. The van der Waals surface area contributed by atoms with Gasteiger partial charge in [-0.1, -0.05) is 48.6 Å². The molecule has 1 saturated heterocycles. The van der Waals surface area contributed by atoms with Crippen LogP contribution < -0.4 is 4.74 Å². The van der Waals surface area contributed by atoms with Gasteiger partial charge in [0.05, 0.1) is 13.2 Å². The van der Waals surface area contributed by atoms with Crippen LogP contribution in [0.4, 0.5) is 26.3 Å². The summed E-state index contributed by atoms with van der Waals surface area (Å²) >= 11 is 0. The van der Waals surface area contributed by atoms with Gasteiger partial charge in [-0.25, -0.2) is 22.0 Å². The number of hydrogen-bond acceptors (Lipinski definition) is 2. The van der Waals surface area contributed by atoms with Gasteiger partial charge in [0.2, 0.25) is 5.82 Å². The molecule has 2 fully saturated rings. The van der Waals surface area contributed by atoms with Gasteiger partial charge in [-0.3, -0.25) is 0 Å². The first kappa shape index (κ1) is 32.4. The zero-order chi connectivity index (χ0) is 32.4. The van der Waals surface area contributed by atoms with Gasteiger partial charge in [0, 0.05) is 11.1 Å². The van der Waals surface area contributed by atoms with Gasteiger partial charge in [-0.15, -0.1) is 0 Å². The summed E-state index contributed by atoms with van der Waals surface area (Å²) in [7, 11) is 0. The second kappa shape index (κ2) is 14.1. The number of halogens is 6. The maximum atomic E-state index is 15.2. The van der Waals surface area contributed by atoms with Crippen molar-refractivity contribution >= 4 is 5.57 Å². The summed E-state index contributed by atoms with van der Waals surface area (Å²) in [4.78, 5) is 0. The molecule has 0 bridgehead atoms. The van der Waals surface area contributed by atoms with Crippen LogP contribution in [0.1, 0.15) is 104 Å². The van der Waals surface area contributed by atoms with Crippen LogP contribution in [0, 0.1) is 40.8 Å². The Hall–Kier alpha value is -3.52. The summed E-state index contributed by atoms with van der Waals surface area (Å²) < 4.78 is 100. The van der Waals surface area contributed by atoms with Crippen molar-refractivity contribution < 1.29 is 35.8 Å². The third-order valence-electron chi connectivity index (χ3n) is 9.84. The molecule has 1 heterocycles. The highest BCUT2D eigenvalue weighted by Gasteiger charge is 2.32. The number of allylic oxidation sites excluding steroid dienone is 4. The number of rotatable bonds is 10. The zero-order valence-electron chi connectivity index (χ0n) is 25.9. The van der Waals surface area contributed by atoms with E-state index < -0.39 is 41.0 Å². The van der Waals surface area contributed by atoms with Gasteiger partial charge in [-0.05, 0) is 111 Å². The molecule has 1 saturated carbocycles. The molecule has 3 aromatic rings. The van der Waals surface area contributed by atoms with Crippen molar-refractivity contribution in [3.05, 3.63) is 117 Å². The van der Waals surface area contributed by atoms with Gasteiger partial charge >= 0.3 is 0 Å². The molecule has 0 aromatic heterocycles. The number of epoxide rings is 1. The molecule has 0 amide bonds. The first-order chi connectivity index (χ1) is 22.3. The highest BCUT2D eigenvalue weighted by molar-refractivity contribution is 5.67. The van der Waals surface area contributed by atoms with Gasteiger partial charge in [-0.2, -0.15) is 4.39 Å². The van der Waals surface area contributed by atoms with Crippen LogP contribution in [0.15, 0.2) is 54.6 Å². The lowest BCUT2D eigenvalue weighted by Crippen LogP contribution is -2.20. The zero-order valence-corrected chi connectivity index (χ0v) is 25.9. The monoisotopic (exact) mass is 640 g/mol. The summed E-state index contributed by atoms with van der Waals surface area (Å²) in [6, 6.07) is 9.47. The Labute approximate surface area is 266 Å². The Morgan fingerprint density at radius 2 is 1.41 bits per heavy atom. The van der Waals surface area contributed by atoms with Crippen LogP contribution in [0.25, 0.3) is 5.57 Å². The van der Waals surface area contributed by atoms with Crippen molar-refractivity contribution in [1.82, 2.24) is 0 Å². The van der Waals surface area contributed by atoms with Gasteiger partial charge in [0.25, 0.3) is 0 Å². The van der Waals surface area contributed by atoms with Gasteiger partial charge < -0.3 is 9.47 Å². The standard InChI is InChI=1S/C38H38F6O2/c1-2-3-4-5-26-14-15-27(34(40)33(26)39)23-8-6-22(7-9-23)20-45-31-19-18-29(36(42)38(31)44)25-12-10-24(11-13-25)28-16-17-30(32-21-46-32)37(43)35(28)41/h2-3,10,14-19,22-23,25,32H,4-9,11-13,20-21H2,1H3/b3-2+. The lowest BCUT2D eigenvalue weighted by Gasteiger charge is -2.29. The number of benzene rings is 3. The first-order valence-electron chi connectivity index (χ1n) is 16.2. The summed E-state index contributed by atoms with van der Waals surface area (Å²) in [5, 5.41) is 0. The number of hydrogen-bond donors (Lipinski definition) is 0. The van der Waals surface area contributed by atoms with Crippen LogP contribution in [-0.2, 0) is 11.2 Å². The summed E-state index contributed by atoms with van der Waals surface area (Å²) in [6.07, 6.45) is 10.3. The third kappa shape index (κ3) is 6.78. The number of ether oxygens (including phenoxy) is 2.